The summed E-state index contributed by atoms with van der Waals surface area (Å²) in [5, 5.41) is 8.45. The average Bonchev–Trinajstić information content (AvgIpc) is 2.76. The van der Waals surface area contributed by atoms with Crippen LogP contribution in [0.1, 0.15) is 68.2 Å². The Morgan fingerprint density at radius 2 is 1.82 bits per heavy atom. The number of oxime groups is 2. The van der Waals surface area contributed by atoms with Crippen molar-refractivity contribution in [3.63, 3.8) is 0 Å². The van der Waals surface area contributed by atoms with E-state index >= 15 is 0 Å². The largest absolute Gasteiger partial charge is 0.417 e. The van der Waals surface area contributed by atoms with Gasteiger partial charge < -0.3 is 9.68 Å². The predicted octanol–water partition coefficient (Wildman–Crippen LogP) is 5.72. The molecule has 0 unspecified atom stereocenters. The number of aromatic nitrogens is 2. The van der Waals surface area contributed by atoms with Crippen LogP contribution in [-0.4, -0.2) is 34.6 Å². The Morgan fingerprint density at radius 1 is 1.06 bits per heavy atom. The van der Waals surface area contributed by atoms with E-state index in [4.69, 9.17) is 9.68 Å². The van der Waals surface area contributed by atoms with Gasteiger partial charge in [-0.05, 0) is 56.4 Å². The minimum atomic E-state index is -4.42. The molecule has 3 rings (SSSR count). The van der Waals surface area contributed by atoms with E-state index in [1.165, 1.54) is 11.6 Å². The topological polar surface area (TPSA) is 69.0 Å². The Labute approximate surface area is 191 Å². The predicted molar refractivity (Wildman–Crippen MR) is 120 cm³/mol. The molecule has 0 saturated heterocycles. The lowest BCUT2D eigenvalue weighted by atomic mass is 9.94. The third-order valence-electron chi connectivity index (χ3n) is 5.23. The molecule has 0 atom stereocenters. The van der Waals surface area contributed by atoms with E-state index in [2.05, 4.69) is 26.3 Å². The molecule has 0 spiro atoms. The first-order valence-electron chi connectivity index (χ1n) is 11.0. The lowest BCUT2D eigenvalue weighted by Gasteiger charge is -2.22. The highest BCUT2D eigenvalue weighted by atomic mass is 19.4. The van der Waals surface area contributed by atoms with Gasteiger partial charge in [-0.2, -0.15) is 13.2 Å². The molecule has 0 amide bonds. The van der Waals surface area contributed by atoms with Crippen LogP contribution in [0.5, 0.6) is 0 Å². The summed E-state index contributed by atoms with van der Waals surface area (Å²) in [7, 11) is 0. The normalized spacial score (nSPS) is 16.0. The highest BCUT2D eigenvalue weighted by molar-refractivity contribution is 6.00. The molecule has 9 heteroatoms. The van der Waals surface area contributed by atoms with Crippen LogP contribution in [0.25, 0.3) is 0 Å². The Hall–Kier alpha value is -2.97. The minimum Gasteiger partial charge on any atom is -0.395 e. The fourth-order valence-corrected chi connectivity index (χ4v) is 3.33. The molecule has 178 valence electrons. The molecule has 0 aromatic carbocycles. The van der Waals surface area contributed by atoms with Crippen molar-refractivity contribution in [2.24, 2.45) is 15.7 Å². The molecule has 33 heavy (non-hydrogen) atoms. The summed E-state index contributed by atoms with van der Waals surface area (Å²) in [6, 6.07) is 6.40. The molecule has 0 N–H and O–H groups in total. The SMILES string of the molecule is CCC(=NOCC(C)(C)CON=C1CCCc2ccc(C)nc21)c1ccc(C(F)(F)F)cn1. The Bertz CT molecular complexity index is 1020. The van der Waals surface area contributed by atoms with E-state index < -0.39 is 17.2 Å². The molecule has 6 nitrogen and oxygen atoms in total. The summed E-state index contributed by atoms with van der Waals surface area (Å²) in [5.41, 5.74) is 3.55. The molecule has 2 aromatic rings. The lowest BCUT2D eigenvalue weighted by Crippen LogP contribution is -2.25. The van der Waals surface area contributed by atoms with Crippen molar-refractivity contribution in [1.82, 2.24) is 9.97 Å². The second-order valence-corrected chi connectivity index (χ2v) is 8.88. The zero-order valence-electron chi connectivity index (χ0n) is 19.4. The van der Waals surface area contributed by atoms with Gasteiger partial charge in [-0.1, -0.05) is 37.1 Å². The lowest BCUT2D eigenvalue weighted by molar-refractivity contribution is -0.137. The second-order valence-electron chi connectivity index (χ2n) is 8.88. The highest BCUT2D eigenvalue weighted by Crippen LogP contribution is 2.28. The summed E-state index contributed by atoms with van der Waals surface area (Å²) >= 11 is 0. The van der Waals surface area contributed by atoms with Crippen molar-refractivity contribution in [2.45, 2.75) is 59.6 Å². The zero-order chi connectivity index (χ0) is 24.1. The van der Waals surface area contributed by atoms with Gasteiger partial charge in [0.1, 0.15) is 24.6 Å². The van der Waals surface area contributed by atoms with Gasteiger partial charge in [0.05, 0.1) is 17.0 Å². The van der Waals surface area contributed by atoms with E-state index in [-0.39, 0.29) is 6.61 Å². The van der Waals surface area contributed by atoms with Gasteiger partial charge in [-0.3, -0.25) is 9.97 Å². The van der Waals surface area contributed by atoms with Crippen LogP contribution < -0.4 is 0 Å². The maximum atomic E-state index is 12.7. The molecule has 2 heterocycles. The standard InChI is InChI=1S/C24H29F3N4O2/c1-5-19(20-12-11-18(13-28-20)24(25,26)27)30-32-14-23(3,4)15-33-31-21-8-6-7-17-10-9-16(2)29-22(17)21/h9-13H,5-8,14-15H2,1-4H3. The van der Waals surface area contributed by atoms with Gasteiger partial charge in [0.25, 0.3) is 0 Å². The summed E-state index contributed by atoms with van der Waals surface area (Å²) in [6.07, 6.45) is -0.324. The number of hydrogen-bond donors (Lipinski definition) is 0. The van der Waals surface area contributed by atoms with Crippen LogP contribution in [0.15, 0.2) is 40.8 Å². The Morgan fingerprint density at radius 3 is 2.48 bits per heavy atom. The Kier molecular flexibility index (Phi) is 7.71. The van der Waals surface area contributed by atoms with E-state index in [1.54, 1.807) is 0 Å². The first-order valence-corrected chi connectivity index (χ1v) is 11.0. The molecule has 0 bridgehead atoms. The van der Waals surface area contributed by atoms with Crippen molar-refractivity contribution in [1.29, 1.82) is 0 Å². The van der Waals surface area contributed by atoms with Crippen LogP contribution in [0, 0.1) is 12.3 Å². The summed E-state index contributed by atoms with van der Waals surface area (Å²) < 4.78 is 38.2. The van der Waals surface area contributed by atoms with E-state index in [0.717, 1.165) is 48.6 Å². The van der Waals surface area contributed by atoms with Crippen LogP contribution in [0.2, 0.25) is 0 Å². The maximum Gasteiger partial charge on any atom is 0.417 e. The molecule has 2 aromatic heterocycles. The van der Waals surface area contributed by atoms with Gasteiger partial charge in [0, 0.05) is 17.3 Å². The van der Waals surface area contributed by atoms with Crippen molar-refractivity contribution < 1.29 is 22.8 Å². The van der Waals surface area contributed by atoms with E-state index in [1.807, 2.05) is 33.8 Å². The van der Waals surface area contributed by atoms with Crippen molar-refractivity contribution in [3.05, 3.63) is 58.7 Å². The van der Waals surface area contributed by atoms with Gasteiger partial charge >= 0.3 is 6.18 Å². The third kappa shape index (κ3) is 6.76. The van der Waals surface area contributed by atoms with Crippen molar-refractivity contribution in [2.75, 3.05) is 13.2 Å². The maximum absolute atomic E-state index is 12.7. The zero-order valence-corrected chi connectivity index (χ0v) is 19.4. The average molecular weight is 463 g/mol. The minimum absolute atomic E-state index is 0.246. The first-order chi connectivity index (χ1) is 15.6. The van der Waals surface area contributed by atoms with E-state index in [9.17, 15) is 13.2 Å². The smallest absolute Gasteiger partial charge is 0.395 e. The Balaban J connectivity index is 1.57. The van der Waals surface area contributed by atoms with Crippen LogP contribution in [0.4, 0.5) is 13.2 Å². The molecule has 0 aliphatic heterocycles. The second kappa shape index (κ2) is 10.3. The number of aryl methyl sites for hydroxylation is 2. The van der Waals surface area contributed by atoms with Crippen molar-refractivity contribution in [3.8, 4) is 0 Å². The molecule has 0 saturated carbocycles. The summed E-state index contributed by atoms with van der Waals surface area (Å²) in [4.78, 5) is 19.6. The fourth-order valence-electron chi connectivity index (χ4n) is 3.33. The van der Waals surface area contributed by atoms with Gasteiger partial charge in [-0.25, -0.2) is 0 Å². The monoisotopic (exact) mass is 462 g/mol. The third-order valence-corrected chi connectivity index (χ3v) is 5.23. The van der Waals surface area contributed by atoms with Crippen molar-refractivity contribution >= 4 is 11.4 Å². The van der Waals surface area contributed by atoms with Gasteiger partial charge in [0.2, 0.25) is 0 Å². The number of alkyl halides is 3. The van der Waals surface area contributed by atoms with Gasteiger partial charge in [0.15, 0.2) is 0 Å². The van der Waals surface area contributed by atoms with Crippen LogP contribution >= 0.6 is 0 Å². The molecule has 1 aliphatic rings. The quantitative estimate of drug-likeness (QED) is 0.372. The summed E-state index contributed by atoms with van der Waals surface area (Å²) in [6.45, 7) is 8.27. The fraction of sp³-hybridized carbons (Fsp3) is 0.500. The summed E-state index contributed by atoms with van der Waals surface area (Å²) in [5.74, 6) is 0. The number of pyridine rings is 2. The number of fused-ring (bicyclic) bond motifs is 1. The molecule has 0 fully saturated rings. The number of rotatable bonds is 8. The number of halogens is 3. The molecule has 1 aliphatic carbocycles. The molecular weight excluding hydrogens is 433 g/mol. The molecular formula is C24H29F3N4O2. The van der Waals surface area contributed by atoms with Crippen LogP contribution in [0.3, 0.4) is 0 Å². The van der Waals surface area contributed by atoms with Crippen LogP contribution in [-0.2, 0) is 22.3 Å². The van der Waals surface area contributed by atoms with Gasteiger partial charge in [-0.15, -0.1) is 0 Å². The number of nitrogens with zero attached hydrogens (tertiary/aromatic N) is 4. The highest BCUT2D eigenvalue weighted by Gasteiger charge is 2.30. The number of hydrogen-bond acceptors (Lipinski definition) is 6. The van der Waals surface area contributed by atoms with E-state index in [0.29, 0.717) is 24.4 Å². The molecule has 0 radical (unpaired) electrons. The first kappa shape index (κ1) is 24.7.